The Morgan fingerprint density at radius 3 is 3.18 bits per heavy atom. The summed E-state index contributed by atoms with van der Waals surface area (Å²) in [6.07, 6.45) is 6.13. The highest BCUT2D eigenvalue weighted by atomic mass is 32.2. The van der Waals surface area contributed by atoms with Gasteiger partial charge in [0, 0.05) is 25.5 Å². The largest absolute Gasteiger partial charge is 0.481 e. The highest BCUT2D eigenvalue weighted by Crippen LogP contribution is 2.28. The van der Waals surface area contributed by atoms with E-state index < -0.39 is 5.97 Å². The van der Waals surface area contributed by atoms with Crippen LogP contribution in [0.1, 0.15) is 12.8 Å². The van der Waals surface area contributed by atoms with Gasteiger partial charge >= 0.3 is 5.97 Å². The predicted molar refractivity (Wildman–Crippen MR) is 64.1 cm³/mol. The van der Waals surface area contributed by atoms with Gasteiger partial charge in [0.15, 0.2) is 5.16 Å². The molecule has 0 spiro atoms. The smallest absolute Gasteiger partial charge is 0.313 e. The first-order chi connectivity index (χ1) is 8.25. The van der Waals surface area contributed by atoms with Gasteiger partial charge in [-0.1, -0.05) is 11.8 Å². The minimum absolute atomic E-state index is 0.0416. The predicted octanol–water partition coefficient (Wildman–Crippen LogP) is 1.49. The van der Waals surface area contributed by atoms with Crippen LogP contribution in [0.5, 0.6) is 0 Å². The van der Waals surface area contributed by atoms with Crippen LogP contribution in [-0.4, -0.2) is 39.6 Å². The molecule has 6 heteroatoms. The molecule has 0 atom stereocenters. The van der Waals surface area contributed by atoms with E-state index in [4.69, 9.17) is 9.84 Å². The quantitative estimate of drug-likeness (QED) is 0.564. The summed E-state index contributed by atoms with van der Waals surface area (Å²) >= 11 is 1.24. The van der Waals surface area contributed by atoms with Crippen LogP contribution < -0.4 is 0 Å². The fourth-order valence-electron chi connectivity index (χ4n) is 1.43. The first-order valence-electron chi connectivity index (χ1n) is 5.69. The van der Waals surface area contributed by atoms with Crippen molar-refractivity contribution in [1.82, 2.24) is 9.55 Å². The highest BCUT2D eigenvalue weighted by molar-refractivity contribution is 7.99. The van der Waals surface area contributed by atoms with Crippen molar-refractivity contribution in [2.75, 3.05) is 19.0 Å². The van der Waals surface area contributed by atoms with Gasteiger partial charge in [-0.25, -0.2) is 4.98 Å². The molecule has 1 heterocycles. The molecule has 1 saturated carbocycles. The third-order valence-electron chi connectivity index (χ3n) is 2.53. The van der Waals surface area contributed by atoms with E-state index in [0.717, 1.165) is 24.2 Å². The first kappa shape index (κ1) is 12.4. The van der Waals surface area contributed by atoms with Gasteiger partial charge in [-0.3, -0.25) is 4.79 Å². The van der Waals surface area contributed by atoms with Gasteiger partial charge < -0.3 is 14.4 Å². The van der Waals surface area contributed by atoms with Crippen molar-refractivity contribution in [2.24, 2.45) is 5.92 Å². The molecule has 0 aliphatic heterocycles. The van der Waals surface area contributed by atoms with Crippen LogP contribution >= 0.6 is 11.8 Å². The molecule has 0 amide bonds. The number of carbonyl (C=O) groups is 1. The number of hydrogen-bond acceptors (Lipinski definition) is 4. The number of imidazole rings is 1. The van der Waals surface area contributed by atoms with Crippen LogP contribution in [0, 0.1) is 5.92 Å². The molecule has 94 valence electrons. The fourth-order valence-corrected chi connectivity index (χ4v) is 2.14. The van der Waals surface area contributed by atoms with Gasteiger partial charge in [-0.05, 0) is 18.8 Å². The zero-order chi connectivity index (χ0) is 12.1. The molecular weight excluding hydrogens is 240 g/mol. The average molecular weight is 256 g/mol. The van der Waals surface area contributed by atoms with Crippen LogP contribution in [-0.2, 0) is 16.1 Å². The zero-order valence-electron chi connectivity index (χ0n) is 9.54. The summed E-state index contributed by atoms with van der Waals surface area (Å²) in [5, 5.41) is 9.34. The molecule has 5 nitrogen and oxygen atoms in total. The Hall–Kier alpha value is -1.01. The van der Waals surface area contributed by atoms with Crippen LogP contribution in [0.2, 0.25) is 0 Å². The van der Waals surface area contributed by atoms with E-state index in [1.807, 2.05) is 10.8 Å². The number of hydrogen-bond donors (Lipinski definition) is 1. The molecule has 1 N–H and O–H groups in total. The molecule has 1 aliphatic carbocycles. The van der Waals surface area contributed by atoms with Crippen molar-refractivity contribution in [3.63, 3.8) is 0 Å². The number of aromatic nitrogens is 2. The SMILES string of the molecule is O=C(O)CSc1nccn1CCOCC1CC1. The molecule has 1 aliphatic rings. The van der Waals surface area contributed by atoms with Crippen molar-refractivity contribution >= 4 is 17.7 Å². The molecular formula is C11H16N2O3S. The second-order valence-corrected chi connectivity index (χ2v) is 5.05. The maximum atomic E-state index is 10.5. The Bertz CT molecular complexity index is 377. The number of rotatable bonds is 8. The van der Waals surface area contributed by atoms with Crippen molar-refractivity contribution in [3.05, 3.63) is 12.4 Å². The number of carboxylic acid groups (broad SMARTS) is 1. The van der Waals surface area contributed by atoms with Gasteiger partial charge in [0.2, 0.25) is 0 Å². The van der Waals surface area contributed by atoms with E-state index in [-0.39, 0.29) is 5.75 Å². The Morgan fingerprint density at radius 1 is 1.65 bits per heavy atom. The number of ether oxygens (including phenoxy) is 1. The normalized spacial score (nSPS) is 15.1. The lowest BCUT2D eigenvalue weighted by Gasteiger charge is -2.07. The highest BCUT2D eigenvalue weighted by Gasteiger charge is 2.20. The van der Waals surface area contributed by atoms with E-state index in [2.05, 4.69) is 4.98 Å². The molecule has 1 aromatic heterocycles. The number of aliphatic carboxylic acids is 1. The van der Waals surface area contributed by atoms with Crippen molar-refractivity contribution < 1.29 is 14.6 Å². The molecule has 1 aromatic rings. The van der Waals surface area contributed by atoms with Crippen molar-refractivity contribution in [3.8, 4) is 0 Å². The van der Waals surface area contributed by atoms with E-state index in [9.17, 15) is 4.79 Å². The molecule has 0 saturated heterocycles. The molecule has 1 fully saturated rings. The van der Waals surface area contributed by atoms with Crippen LogP contribution in [0.3, 0.4) is 0 Å². The summed E-state index contributed by atoms with van der Waals surface area (Å²) in [5.74, 6) is -0.00637. The molecule has 0 bridgehead atoms. The summed E-state index contributed by atoms with van der Waals surface area (Å²) in [6.45, 7) is 2.24. The third kappa shape index (κ3) is 4.40. The Morgan fingerprint density at radius 2 is 2.47 bits per heavy atom. The van der Waals surface area contributed by atoms with Gasteiger partial charge in [0.05, 0.1) is 12.4 Å². The molecule has 0 radical (unpaired) electrons. The van der Waals surface area contributed by atoms with E-state index >= 15 is 0 Å². The van der Waals surface area contributed by atoms with Gasteiger partial charge in [-0.2, -0.15) is 0 Å². The lowest BCUT2D eigenvalue weighted by Crippen LogP contribution is -2.08. The van der Waals surface area contributed by atoms with Gasteiger partial charge in [0.1, 0.15) is 0 Å². The van der Waals surface area contributed by atoms with Gasteiger partial charge in [0.25, 0.3) is 0 Å². The molecule has 0 aromatic carbocycles. The number of carboxylic acids is 1. The van der Waals surface area contributed by atoms with E-state index in [0.29, 0.717) is 6.61 Å². The van der Waals surface area contributed by atoms with Crippen LogP contribution in [0.25, 0.3) is 0 Å². The Kier molecular flexibility index (Phi) is 4.44. The lowest BCUT2D eigenvalue weighted by atomic mass is 10.5. The zero-order valence-corrected chi connectivity index (χ0v) is 10.4. The molecule has 0 unspecified atom stereocenters. The lowest BCUT2D eigenvalue weighted by molar-refractivity contribution is -0.133. The third-order valence-corrected chi connectivity index (χ3v) is 3.52. The summed E-state index contributed by atoms with van der Waals surface area (Å²) in [4.78, 5) is 14.6. The summed E-state index contributed by atoms with van der Waals surface area (Å²) in [5.41, 5.74) is 0. The maximum Gasteiger partial charge on any atom is 0.313 e. The molecule has 17 heavy (non-hydrogen) atoms. The summed E-state index contributed by atoms with van der Waals surface area (Å²) in [6, 6.07) is 0. The fraction of sp³-hybridized carbons (Fsp3) is 0.636. The number of nitrogens with zero attached hydrogens (tertiary/aromatic N) is 2. The standard InChI is InChI=1S/C11H16N2O3S/c14-10(15)8-17-11-12-3-4-13(11)5-6-16-7-9-1-2-9/h3-4,9H,1-2,5-8H2,(H,14,15). The average Bonchev–Trinajstić information content (AvgIpc) is 3.01. The first-order valence-corrected chi connectivity index (χ1v) is 6.67. The van der Waals surface area contributed by atoms with E-state index in [1.165, 1.54) is 24.6 Å². The van der Waals surface area contributed by atoms with Crippen molar-refractivity contribution in [1.29, 1.82) is 0 Å². The van der Waals surface area contributed by atoms with Crippen molar-refractivity contribution in [2.45, 2.75) is 24.5 Å². The minimum Gasteiger partial charge on any atom is -0.481 e. The minimum atomic E-state index is -0.825. The topological polar surface area (TPSA) is 64.3 Å². The Balaban J connectivity index is 1.70. The summed E-state index contributed by atoms with van der Waals surface area (Å²) < 4.78 is 7.47. The number of thioether (sulfide) groups is 1. The second-order valence-electron chi connectivity index (χ2n) is 4.10. The summed E-state index contributed by atoms with van der Waals surface area (Å²) in [7, 11) is 0. The van der Waals surface area contributed by atoms with Crippen LogP contribution in [0.4, 0.5) is 0 Å². The Labute approximate surface area is 104 Å². The monoisotopic (exact) mass is 256 g/mol. The van der Waals surface area contributed by atoms with E-state index in [1.54, 1.807) is 6.20 Å². The second kappa shape index (κ2) is 6.07. The van der Waals surface area contributed by atoms with Gasteiger partial charge in [-0.15, -0.1) is 0 Å². The molecule has 2 rings (SSSR count). The maximum absolute atomic E-state index is 10.5. The van der Waals surface area contributed by atoms with Crippen LogP contribution in [0.15, 0.2) is 17.6 Å².